The summed E-state index contributed by atoms with van der Waals surface area (Å²) in [5.74, 6) is 0.752. The number of aromatic nitrogens is 2. The molecule has 32 heavy (non-hydrogen) atoms. The molecule has 8 heteroatoms. The highest BCUT2D eigenvalue weighted by Gasteiger charge is 2.15. The predicted octanol–water partition coefficient (Wildman–Crippen LogP) is 4.28. The molecule has 0 bridgehead atoms. The molecule has 170 valence electrons. The van der Waals surface area contributed by atoms with Crippen molar-refractivity contribution in [2.45, 2.75) is 19.6 Å². The average Bonchev–Trinajstić information content (AvgIpc) is 3.18. The predicted molar refractivity (Wildman–Crippen MR) is 128 cm³/mol. The van der Waals surface area contributed by atoms with Gasteiger partial charge in [-0.1, -0.05) is 35.3 Å². The minimum atomic E-state index is -0.205. The Bertz CT molecular complexity index is 999. The summed E-state index contributed by atoms with van der Waals surface area (Å²) in [5, 5.41) is 4.64. The summed E-state index contributed by atoms with van der Waals surface area (Å²) in [7, 11) is 0. The van der Waals surface area contributed by atoms with Gasteiger partial charge in [0, 0.05) is 74.8 Å². The van der Waals surface area contributed by atoms with Crippen LogP contribution in [0, 0.1) is 5.82 Å². The number of nitrogens with one attached hydrogen (secondary N) is 1. The molecule has 0 aliphatic carbocycles. The molecule has 2 heterocycles. The van der Waals surface area contributed by atoms with Crippen LogP contribution in [-0.2, 0) is 19.6 Å². The van der Waals surface area contributed by atoms with E-state index in [1.807, 2.05) is 30.6 Å². The normalized spacial score (nSPS) is 14.9. The zero-order valence-electron chi connectivity index (χ0n) is 18.0. The summed E-state index contributed by atoms with van der Waals surface area (Å²) in [6, 6.07) is 12.4. The molecule has 4 rings (SSSR count). The standard InChI is InChI=1S/C24H28Cl2FN5/c25-21-12-20(13-22(26)15-21)17-32-9-6-29-24(32)18-31(11-10-30-7-4-28-5-8-30)16-19-2-1-3-23(27)14-19/h1-3,6,9,12-15,28H,4-5,7-8,10-11,16-18H2. The van der Waals surface area contributed by atoms with Crippen molar-refractivity contribution in [3.63, 3.8) is 0 Å². The molecule has 1 aliphatic rings. The third-order valence-electron chi connectivity index (χ3n) is 5.68. The lowest BCUT2D eigenvalue weighted by Gasteiger charge is -2.30. The molecule has 1 aliphatic heterocycles. The fraction of sp³-hybridized carbons (Fsp3) is 0.375. The molecule has 1 aromatic heterocycles. The molecule has 1 fully saturated rings. The van der Waals surface area contributed by atoms with Gasteiger partial charge < -0.3 is 9.88 Å². The highest BCUT2D eigenvalue weighted by Crippen LogP contribution is 2.20. The first kappa shape index (κ1) is 23.2. The molecule has 3 aromatic rings. The summed E-state index contributed by atoms with van der Waals surface area (Å²) in [6.45, 7) is 7.99. The van der Waals surface area contributed by atoms with Gasteiger partial charge in [0.05, 0.1) is 6.54 Å². The average molecular weight is 476 g/mol. The van der Waals surface area contributed by atoms with Crippen molar-refractivity contribution in [1.29, 1.82) is 0 Å². The van der Waals surface area contributed by atoms with E-state index in [2.05, 4.69) is 24.7 Å². The number of nitrogens with zero attached hydrogens (tertiary/aromatic N) is 4. The number of piperazine rings is 1. The van der Waals surface area contributed by atoms with Gasteiger partial charge in [-0.25, -0.2) is 9.37 Å². The molecule has 0 radical (unpaired) electrons. The Morgan fingerprint density at radius 3 is 2.53 bits per heavy atom. The van der Waals surface area contributed by atoms with Crippen LogP contribution in [-0.4, -0.2) is 58.6 Å². The van der Waals surface area contributed by atoms with Crippen molar-refractivity contribution < 1.29 is 4.39 Å². The van der Waals surface area contributed by atoms with E-state index in [9.17, 15) is 4.39 Å². The Morgan fingerprint density at radius 1 is 1.00 bits per heavy atom. The van der Waals surface area contributed by atoms with Gasteiger partial charge in [-0.2, -0.15) is 0 Å². The first-order valence-corrected chi connectivity index (χ1v) is 11.7. The van der Waals surface area contributed by atoms with Crippen LogP contribution >= 0.6 is 23.2 Å². The minimum absolute atomic E-state index is 0.205. The molecule has 0 unspecified atom stereocenters. The fourth-order valence-electron chi connectivity index (χ4n) is 4.06. The molecular weight excluding hydrogens is 448 g/mol. The zero-order chi connectivity index (χ0) is 22.3. The molecule has 0 saturated carbocycles. The van der Waals surface area contributed by atoms with E-state index in [1.54, 1.807) is 18.2 Å². The molecule has 0 spiro atoms. The van der Waals surface area contributed by atoms with Crippen molar-refractivity contribution in [3.05, 3.63) is 87.7 Å². The number of imidazole rings is 1. The Hall–Kier alpha value is -1.96. The van der Waals surface area contributed by atoms with E-state index in [0.29, 0.717) is 29.7 Å². The maximum atomic E-state index is 13.8. The quantitative estimate of drug-likeness (QED) is 0.500. The van der Waals surface area contributed by atoms with Crippen molar-refractivity contribution in [1.82, 2.24) is 24.7 Å². The van der Waals surface area contributed by atoms with E-state index >= 15 is 0 Å². The van der Waals surface area contributed by atoms with Crippen LogP contribution in [0.1, 0.15) is 17.0 Å². The molecule has 0 atom stereocenters. The molecule has 2 aromatic carbocycles. The van der Waals surface area contributed by atoms with Gasteiger partial charge >= 0.3 is 0 Å². The van der Waals surface area contributed by atoms with Crippen LogP contribution in [0.25, 0.3) is 0 Å². The van der Waals surface area contributed by atoms with Gasteiger partial charge in [0.15, 0.2) is 0 Å². The van der Waals surface area contributed by atoms with Gasteiger partial charge in [0.2, 0.25) is 0 Å². The second-order valence-corrected chi connectivity index (χ2v) is 9.05. The monoisotopic (exact) mass is 475 g/mol. The third-order valence-corrected chi connectivity index (χ3v) is 6.12. The Balaban J connectivity index is 1.47. The largest absolute Gasteiger partial charge is 0.329 e. The van der Waals surface area contributed by atoms with E-state index < -0.39 is 0 Å². The van der Waals surface area contributed by atoms with Gasteiger partial charge in [-0.3, -0.25) is 9.80 Å². The van der Waals surface area contributed by atoms with Crippen molar-refractivity contribution in [2.75, 3.05) is 39.3 Å². The highest BCUT2D eigenvalue weighted by atomic mass is 35.5. The number of rotatable bonds is 9. The summed E-state index contributed by atoms with van der Waals surface area (Å²) < 4.78 is 15.9. The van der Waals surface area contributed by atoms with E-state index in [0.717, 1.165) is 56.2 Å². The second-order valence-electron chi connectivity index (χ2n) is 8.18. The summed E-state index contributed by atoms with van der Waals surface area (Å²) in [5.41, 5.74) is 1.99. The fourth-order valence-corrected chi connectivity index (χ4v) is 4.63. The van der Waals surface area contributed by atoms with Crippen LogP contribution < -0.4 is 5.32 Å². The topological polar surface area (TPSA) is 36.3 Å². The van der Waals surface area contributed by atoms with Crippen molar-refractivity contribution >= 4 is 23.2 Å². The lowest BCUT2D eigenvalue weighted by molar-refractivity contribution is 0.176. The van der Waals surface area contributed by atoms with E-state index in [-0.39, 0.29) is 5.82 Å². The molecule has 5 nitrogen and oxygen atoms in total. The van der Waals surface area contributed by atoms with E-state index in [1.165, 1.54) is 6.07 Å². The lowest BCUT2D eigenvalue weighted by Crippen LogP contribution is -2.46. The first-order valence-electron chi connectivity index (χ1n) is 10.9. The third kappa shape index (κ3) is 6.77. The second kappa shape index (κ2) is 11.3. The van der Waals surface area contributed by atoms with Crippen LogP contribution in [0.4, 0.5) is 4.39 Å². The number of halogens is 3. The van der Waals surface area contributed by atoms with Crippen molar-refractivity contribution in [2.24, 2.45) is 0 Å². The lowest BCUT2D eigenvalue weighted by atomic mass is 10.2. The number of hydrogen-bond acceptors (Lipinski definition) is 4. The highest BCUT2D eigenvalue weighted by molar-refractivity contribution is 6.34. The van der Waals surface area contributed by atoms with Crippen LogP contribution in [0.15, 0.2) is 54.9 Å². The zero-order valence-corrected chi connectivity index (χ0v) is 19.5. The van der Waals surface area contributed by atoms with Gasteiger partial charge in [-0.15, -0.1) is 0 Å². The summed E-state index contributed by atoms with van der Waals surface area (Å²) >= 11 is 12.4. The van der Waals surface area contributed by atoms with Gasteiger partial charge in [0.1, 0.15) is 11.6 Å². The molecular formula is C24H28Cl2FN5. The maximum absolute atomic E-state index is 13.8. The Morgan fingerprint density at radius 2 is 1.78 bits per heavy atom. The minimum Gasteiger partial charge on any atom is -0.329 e. The smallest absolute Gasteiger partial charge is 0.123 e. The van der Waals surface area contributed by atoms with Gasteiger partial charge in [-0.05, 0) is 41.5 Å². The van der Waals surface area contributed by atoms with E-state index in [4.69, 9.17) is 23.2 Å². The number of benzene rings is 2. The van der Waals surface area contributed by atoms with Crippen molar-refractivity contribution in [3.8, 4) is 0 Å². The van der Waals surface area contributed by atoms with Crippen LogP contribution in [0.2, 0.25) is 10.0 Å². The van der Waals surface area contributed by atoms with Gasteiger partial charge in [0.25, 0.3) is 0 Å². The SMILES string of the molecule is Fc1cccc(CN(CCN2CCNCC2)Cc2nccn2Cc2cc(Cl)cc(Cl)c2)c1. The maximum Gasteiger partial charge on any atom is 0.123 e. The Kier molecular flexibility index (Phi) is 8.16. The first-order chi connectivity index (χ1) is 15.5. The molecule has 1 N–H and O–H groups in total. The molecule has 0 amide bonds. The Labute approximate surface area is 198 Å². The molecule has 1 saturated heterocycles. The summed E-state index contributed by atoms with van der Waals surface area (Å²) in [6.07, 6.45) is 3.79. The van der Waals surface area contributed by atoms with Crippen LogP contribution in [0.3, 0.4) is 0 Å². The number of hydrogen-bond donors (Lipinski definition) is 1. The van der Waals surface area contributed by atoms with Crippen LogP contribution in [0.5, 0.6) is 0 Å². The summed E-state index contributed by atoms with van der Waals surface area (Å²) in [4.78, 5) is 9.41.